The molecule has 0 radical (unpaired) electrons. The maximum atomic E-state index is 12.9. The Labute approximate surface area is 149 Å². The quantitative estimate of drug-likeness (QED) is 0.832. The van der Waals surface area contributed by atoms with Gasteiger partial charge in [0, 0.05) is 25.3 Å². The standard InChI is InChI=1S/C17H19N5O2S/c1-11-15(25-20-19-11)17(24)21-8-12-5-6-14(10-21)22(16(12)23)9-13-4-2-3-7-18-13/h2-4,7,12,14H,5-6,8-10H2,1H3/t12-,14+/m1/s1. The van der Waals surface area contributed by atoms with Crippen LogP contribution in [0.4, 0.5) is 0 Å². The Morgan fingerprint density at radius 1 is 1.32 bits per heavy atom. The molecule has 8 heteroatoms. The minimum absolute atomic E-state index is 0.0402. The van der Waals surface area contributed by atoms with Gasteiger partial charge in [-0.25, -0.2) is 0 Å². The summed E-state index contributed by atoms with van der Waals surface area (Å²) in [5, 5.41) is 3.93. The summed E-state index contributed by atoms with van der Waals surface area (Å²) < 4.78 is 3.86. The molecule has 3 aliphatic heterocycles. The van der Waals surface area contributed by atoms with Gasteiger partial charge >= 0.3 is 0 Å². The number of fused-ring (bicyclic) bond motifs is 4. The van der Waals surface area contributed by atoms with Crippen LogP contribution in [-0.2, 0) is 11.3 Å². The number of nitrogens with zero attached hydrogens (tertiary/aromatic N) is 5. The number of carbonyl (C=O) groups excluding carboxylic acids is 2. The van der Waals surface area contributed by atoms with E-state index in [2.05, 4.69) is 14.6 Å². The lowest BCUT2D eigenvalue weighted by Gasteiger charge is -2.35. The molecule has 5 heterocycles. The van der Waals surface area contributed by atoms with E-state index in [0.717, 1.165) is 30.1 Å². The molecule has 0 N–H and O–H groups in total. The van der Waals surface area contributed by atoms with E-state index in [1.54, 1.807) is 18.0 Å². The third-order valence-corrected chi connectivity index (χ3v) is 5.80. The highest BCUT2D eigenvalue weighted by molar-refractivity contribution is 7.07. The molecule has 2 bridgehead atoms. The molecule has 0 aliphatic carbocycles. The minimum Gasteiger partial charge on any atom is -0.335 e. The van der Waals surface area contributed by atoms with Gasteiger partial charge in [-0.05, 0) is 43.4 Å². The molecular weight excluding hydrogens is 338 g/mol. The maximum absolute atomic E-state index is 12.9. The monoisotopic (exact) mass is 357 g/mol. The Morgan fingerprint density at radius 2 is 2.20 bits per heavy atom. The summed E-state index contributed by atoms with van der Waals surface area (Å²) in [6.07, 6.45) is 3.50. The summed E-state index contributed by atoms with van der Waals surface area (Å²) in [6.45, 7) is 3.33. The normalized spacial score (nSPS) is 23.0. The summed E-state index contributed by atoms with van der Waals surface area (Å²) in [5.41, 5.74) is 1.53. The molecule has 0 aromatic carbocycles. The highest BCUT2D eigenvalue weighted by Crippen LogP contribution is 2.31. The number of piperidine rings is 1. The van der Waals surface area contributed by atoms with Crippen LogP contribution in [0.15, 0.2) is 24.4 Å². The first-order chi connectivity index (χ1) is 12.1. The van der Waals surface area contributed by atoms with Gasteiger partial charge in [-0.15, -0.1) is 5.10 Å². The SMILES string of the molecule is Cc1nnsc1C(=O)N1C[C@H]2CC[C@@H](C1)N(Cc1ccccn1)C2=O. The highest BCUT2D eigenvalue weighted by atomic mass is 32.1. The van der Waals surface area contributed by atoms with Crippen molar-refractivity contribution >= 4 is 23.3 Å². The molecule has 2 aromatic heterocycles. The Bertz CT molecular complexity index is 793. The van der Waals surface area contributed by atoms with E-state index < -0.39 is 0 Å². The van der Waals surface area contributed by atoms with E-state index in [1.807, 2.05) is 23.1 Å². The van der Waals surface area contributed by atoms with Crippen molar-refractivity contribution in [1.82, 2.24) is 24.4 Å². The van der Waals surface area contributed by atoms with Crippen molar-refractivity contribution in [2.75, 3.05) is 13.1 Å². The zero-order valence-corrected chi connectivity index (χ0v) is 14.8. The van der Waals surface area contributed by atoms with E-state index in [4.69, 9.17) is 0 Å². The van der Waals surface area contributed by atoms with Crippen molar-refractivity contribution in [1.29, 1.82) is 0 Å². The predicted octanol–water partition coefficient (Wildman–Crippen LogP) is 1.50. The summed E-state index contributed by atoms with van der Waals surface area (Å²) in [7, 11) is 0. The molecule has 130 valence electrons. The lowest BCUT2D eigenvalue weighted by molar-refractivity contribution is -0.140. The Kier molecular flexibility index (Phi) is 4.20. The first-order valence-electron chi connectivity index (χ1n) is 8.42. The van der Waals surface area contributed by atoms with Gasteiger partial charge < -0.3 is 9.80 Å². The van der Waals surface area contributed by atoms with Gasteiger partial charge in [0.05, 0.1) is 23.9 Å². The van der Waals surface area contributed by atoms with Crippen molar-refractivity contribution in [3.8, 4) is 0 Å². The number of aromatic nitrogens is 3. The fourth-order valence-electron chi connectivity index (χ4n) is 3.65. The average Bonchev–Trinajstić information content (AvgIpc) is 2.87. The molecule has 0 unspecified atom stereocenters. The number of hydrogen-bond acceptors (Lipinski definition) is 6. The Morgan fingerprint density at radius 3 is 2.92 bits per heavy atom. The van der Waals surface area contributed by atoms with Gasteiger partial charge in [-0.2, -0.15) is 0 Å². The summed E-state index contributed by atoms with van der Waals surface area (Å²) in [6, 6.07) is 5.77. The van der Waals surface area contributed by atoms with Crippen LogP contribution in [0.1, 0.15) is 33.9 Å². The molecule has 3 fully saturated rings. The van der Waals surface area contributed by atoms with Crippen LogP contribution in [0.2, 0.25) is 0 Å². The third-order valence-electron chi connectivity index (χ3n) is 4.98. The molecule has 2 amide bonds. The molecule has 3 aliphatic rings. The maximum Gasteiger partial charge on any atom is 0.267 e. The molecule has 25 heavy (non-hydrogen) atoms. The van der Waals surface area contributed by atoms with Crippen molar-refractivity contribution in [3.05, 3.63) is 40.7 Å². The van der Waals surface area contributed by atoms with E-state index in [1.165, 1.54) is 0 Å². The summed E-state index contributed by atoms with van der Waals surface area (Å²) >= 11 is 1.12. The fourth-order valence-corrected chi connectivity index (χ4v) is 4.28. The van der Waals surface area contributed by atoms with Crippen LogP contribution >= 0.6 is 11.5 Å². The molecule has 0 saturated carbocycles. The Hall–Kier alpha value is -2.35. The fraction of sp³-hybridized carbons (Fsp3) is 0.471. The van der Waals surface area contributed by atoms with Crippen LogP contribution in [0.5, 0.6) is 0 Å². The summed E-state index contributed by atoms with van der Waals surface area (Å²) in [4.78, 5) is 34.3. The van der Waals surface area contributed by atoms with Crippen LogP contribution in [0, 0.1) is 12.8 Å². The Balaban J connectivity index is 1.56. The van der Waals surface area contributed by atoms with E-state index in [0.29, 0.717) is 30.2 Å². The molecule has 0 spiro atoms. The number of hydrogen-bond donors (Lipinski definition) is 0. The number of rotatable bonds is 3. The number of pyridine rings is 1. The smallest absolute Gasteiger partial charge is 0.267 e. The summed E-state index contributed by atoms with van der Waals surface area (Å²) in [5.74, 6) is -0.0548. The second-order valence-electron chi connectivity index (χ2n) is 6.61. The van der Waals surface area contributed by atoms with Crippen molar-refractivity contribution in [2.24, 2.45) is 5.92 Å². The molecule has 2 atom stereocenters. The van der Waals surface area contributed by atoms with Crippen molar-refractivity contribution in [2.45, 2.75) is 32.4 Å². The topological polar surface area (TPSA) is 79.3 Å². The van der Waals surface area contributed by atoms with Crippen LogP contribution in [-0.4, -0.2) is 55.3 Å². The number of aryl methyl sites for hydroxylation is 1. The molecular formula is C17H19N5O2S. The van der Waals surface area contributed by atoms with Gasteiger partial charge in [-0.1, -0.05) is 10.6 Å². The predicted molar refractivity (Wildman–Crippen MR) is 91.8 cm³/mol. The van der Waals surface area contributed by atoms with E-state index in [-0.39, 0.29) is 23.8 Å². The lowest BCUT2D eigenvalue weighted by atomic mass is 9.94. The average molecular weight is 357 g/mol. The number of carbonyl (C=O) groups is 2. The molecule has 5 rings (SSSR count). The first kappa shape index (κ1) is 16.1. The largest absolute Gasteiger partial charge is 0.335 e. The zero-order chi connectivity index (χ0) is 17.4. The second-order valence-corrected chi connectivity index (χ2v) is 7.37. The van der Waals surface area contributed by atoms with Crippen molar-refractivity contribution in [3.63, 3.8) is 0 Å². The van der Waals surface area contributed by atoms with Gasteiger partial charge in [0.25, 0.3) is 5.91 Å². The van der Waals surface area contributed by atoms with E-state index >= 15 is 0 Å². The lowest BCUT2D eigenvalue weighted by Crippen LogP contribution is -2.47. The van der Waals surface area contributed by atoms with Crippen LogP contribution < -0.4 is 0 Å². The van der Waals surface area contributed by atoms with Crippen LogP contribution in [0.25, 0.3) is 0 Å². The van der Waals surface area contributed by atoms with Gasteiger partial charge in [0.15, 0.2) is 0 Å². The second kappa shape index (κ2) is 6.51. The molecule has 7 nitrogen and oxygen atoms in total. The zero-order valence-electron chi connectivity index (χ0n) is 14.0. The molecule has 2 aromatic rings. The first-order valence-corrected chi connectivity index (χ1v) is 9.19. The number of amides is 2. The van der Waals surface area contributed by atoms with Gasteiger partial charge in [-0.3, -0.25) is 14.6 Å². The van der Waals surface area contributed by atoms with Crippen molar-refractivity contribution < 1.29 is 9.59 Å². The third kappa shape index (κ3) is 3.02. The molecule has 3 saturated heterocycles. The van der Waals surface area contributed by atoms with Gasteiger partial charge in [0.2, 0.25) is 5.91 Å². The highest BCUT2D eigenvalue weighted by Gasteiger charge is 2.42. The van der Waals surface area contributed by atoms with Crippen LogP contribution in [0.3, 0.4) is 0 Å². The van der Waals surface area contributed by atoms with E-state index in [9.17, 15) is 9.59 Å². The van der Waals surface area contributed by atoms with Gasteiger partial charge in [0.1, 0.15) is 4.88 Å². The minimum atomic E-state index is -0.132.